The quantitative estimate of drug-likeness (QED) is 0.786. The Bertz CT molecular complexity index is 435. The molecule has 4 heteroatoms. The molecule has 1 aliphatic rings. The van der Waals surface area contributed by atoms with Gasteiger partial charge in [-0.3, -0.25) is 0 Å². The number of rotatable bonds is 3. The van der Waals surface area contributed by atoms with Crippen molar-refractivity contribution in [2.75, 3.05) is 11.9 Å². The first-order valence-corrected chi connectivity index (χ1v) is 7.58. The first-order chi connectivity index (χ1) is 8.93. The minimum Gasteiger partial charge on any atom is -0.356 e. The summed E-state index contributed by atoms with van der Waals surface area (Å²) >= 11 is 6.01. The minimum absolute atomic E-state index is 0.470. The Morgan fingerprint density at radius 2 is 2.00 bits per heavy atom. The summed E-state index contributed by atoms with van der Waals surface area (Å²) in [5.74, 6) is 2.29. The van der Waals surface area contributed by atoms with E-state index in [9.17, 15) is 0 Å². The van der Waals surface area contributed by atoms with E-state index in [1.807, 2.05) is 13.1 Å². The molecule has 0 aromatic carbocycles. The van der Waals surface area contributed by atoms with Gasteiger partial charge in [-0.05, 0) is 38.0 Å². The van der Waals surface area contributed by atoms with Crippen LogP contribution in [-0.2, 0) is 5.88 Å². The van der Waals surface area contributed by atoms with Crippen LogP contribution in [0, 0.1) is 12.3 Å². The summed E-state index contributed by atoms with van der Waals surface area (Å²) in [7, 11) is 2.14. The van der Waals surface area contributed by atoms with Crippen molar-refractivity contribution in [1.29, 1.82) is 0 Å². The lowest BCUT2D eigenvalue weighted by molar-refractivity contribution is 0.222. The molecule has 106 valence electrons. The highest BCUT2D eigenvalue weighted by atomic mass is 35.5. The van der Waals surface area contributed by atoms with Crippen LogP contribution in [0.25, 0.3) is 0 Å². The van der Waals surface area contributed by atoms with E-state index in [4.69, 9.17) is 11.6 Å². The molecule has 0 radical (unpaired) electrons. The molecule has 0 spiro atoms. The summed E-state index contributed by atoms with van der Waals surface area (Å²) < 4.78 is 0. The molecule has 19 heavy (non-hydrogen) atoms. The van der Waals surface area contributed by atoms with Crippen molar-refractivity contribution >= 4 is 17.4 Å². The normalized spacial score (nSPS) is 19.4. The van der Waals surface area contributed by atoms with Crippen molar-refractivity contribution in [3.8, 4) is 0 Å². The van der Waals surface area contributed by atoms with Crippen LogP contribution < -0.4 is 4.90 Å². The second-order valence-electron chi connectivity index (χ2n) is 6.41. The first-order valence-electron chi connectivity index (χ1n) is 7.04. The zero-order chi connectivity index (χ0) is 14.0. The van der Waals surface area contributed by atoms with E-state index >= 15 is 0 Å². The summed E-state index contributed by atoms with van der Waals surface area (Å²) in [5.41, 5.74) is 1.52. The van der Waals surface area contributed by atoms with Crippen LogP contribution in [0.4, 0.5) is 5.82 Å². The van der Waals surface area contributed by atoms with E-state index < -0.39 is 0 Å². The van der Waals surface area contributed by atoms with Gasteiger partial charge in [-0.15, -0.1) is 11.6 Å². The Balaban J connectivity index is 2.16. The number of aryl methyl sites for hydroxylation is 1. The predicted molar refractivity (Wildman–Crippen MR) is 80.8 cm³/mol. The predicted octanol–water partition coefficient (Wildman–Crippen LogP) is 3.93. The molecule has 0 unspecified atom stereocenters. The summed E-state index contributed by atoms with van der Waals surface area (Å²) in [6, 6.07) is 0.573. The molecular weight excluding hydrogens is 258 g/mol. The minimum atomic E-state index is 0.470. The van der Waals surface area contributed by atoms with Gasteiger partial charge in [0.05, 0.1) is 5.88 Å². The van der Waals surface area contributed by atoms with Crippen molar-refractivity contribution in [2.24, 2.45) is 5.41 Å². The lowest BCUT2D eigenvalue weighted by Crippen LogP contribution is -2.38. The monoisotopic (exact) mass is 281 g/mol. The zero-order valence-corrected chi connectivity index (χ0v) is 13.2. The number of hydrogen-bond donors (Lipinski definition) is 0. The standard InChI is InChI=1S/C15H24ClN3/c1-11-17-10-12(9-16)14(18-11)19(4)13-5-7-15(2,3)8-6-13/h10,13H,5-9H2,1-4H3. The number of alkyl halides is 1. The molecule has 0 atom stereocenters. The second-order valence-corrected chi connectivity index (χ2v) is 6.67. The molecule has 1 aromatic rings. The van der Waals surface area contributed by atoms with Crippen LogP contribution in [0.2, 0.25) is 0 Å². The van der Waals surface area contributed by atoms with Crippen molar-refractivity contribution in [1.82, 2.24) is 9.97 Å². The van der Waals surface area contributed by atoms with E-state index in [1.54, 1.807) is 0 Å². The average molecular weight is 282 g/mol. The van der Waals surface area contributed by atoms with Crippen LogP contribution in [0.5, 0.6) is 0 Å². The fourth-order valence-electron chi connectivity index (χ4n) is 2.83. The fourth-order valence-corrected chi connectivity index (χ4v) is 3.02. The van der Waals surface area contributed by atoms with Gasteiger partial charge in [-0.25, -0.2) is 9.97 Å². The Labute approximate surface area is 121 Å². The zero-order valence-electron chi connectivity index (χ0n) is 12.4. The summed E-state index contributed by atoms with van der Waals surface area (Å²) in [6.45, 7) is 6.66. The maximum Gasteiger partial charge on any atom is 0.136 e. The molecule has 2 rings (SSSR count). The molecule has 0 saturated heterocycles. The Morgan fingerprint density at radius 3 is 2.58 bits per heavy atom. The molecule has 1 fully saturated rings. The van der Waals surface area contributed by atoms with E-state index in [0.717, 1.165) is 17.2 Å². The van der Waals surface area contributed by atoms with E-state index in [-0.39, 0.29) is 0 Å². The van der Waals surface area contributed by atoms with Crippen LogP contribution in [0.1, 0.15) is 50.9 Å². The third kappa shape index (κ3) is 3.38. The van der Waals surface area contributed by atoms with Gasteiger partial charge in [0.1, 0.15) is 11.6 Å². The Morgan fingerprint density at radius 1 is 1.37 bits per heavy atom. The van der Waals surface area contributed by atoms with Gasteiger partial charge in [0, 0.05) is 24.8 Å². The van der Waals surface area contributed by atoms with Gasteiger partial charge in [-0.2, -0.15) is 0 Å². The highest BCUT2D eigenvalue weighted by Gasteiger charge is 2.29. The van der Waals surface area contributed by atoms with Gasteiger partial charge >= 0.3 is 0 Å². The number of halogens is 1. The molecule has 1 aliphatic carbocycles. The maximum absolute atomic E-state index is 6.01. The maximum atomic E-state index is 6.01. The second kappa shape index (κ2) is 5.66. The Hall–Kier alpha value is -0.830. The smallest absolute Gasteiger partial charge is 0.136 e. The van der Waals surface area contributed by atoms with E-state index in [2.05, 4.69) is 35.8 Å². The van der Waals surface area contributed by atoms with Crippen LogP contribution >= 0.6 is 11.6 Å². The van der Waals surface area contributed by atoms with E-state index in [0.29, 0.717) is 17.3 Å². The highest BCUT2D eigenvalue weighted by Crippen LogP contribution is 2.37. The van der Waals surface area contributed by atoms with Crippen molar-refractivity contribution in [3.05, 3.63) is 17.6 Å². The Kier molecular flexibility index (Phi) is 4.34. The number of aromatic nitrogens is 2. The number of hydrogen-bond acceptors (Lipinski definition) is 3. The van der Waals surface area contributed by atoms with Gasteiger partial charge in [-0.1, -0.05) is 13.8 Å². The van der Waals surface area contributed by atoms with Gasteiger partial charge in [0.15, 0.2) is 0 Å². The first kappa shape index (κ1) is 14.6. The van der Waals surface area contributed by atoms with Crippen LogP contribution in [-0.4, -0.2) is 23.1 Å². The van der Waals surface area contributed by atoms with Crippen molar-refractivity contribution in [2.45, 2.75) is 58.4 Å². The summed E-state index contributed by atoms with van der Waals surface area (Å²) in [6.07, 6.45) is 6.88. The molecular formula is C15H24ClN3. The third-order valence-electron chi connectivity index (χ3n) is 4.30. The van der Waals surface area contributed by atoms with Crippen LogP contribution in [0.3, 0.4) is 0 Å². The number of anilines is 1. The summed E-state index contributed by atoms with van der Waals surface area (Å²) in [4.78, 5) is 11.1. The molecule has 0 N–H and O–H groups in total. The average Bonchev–Trinajstić information content (AvgIpc) is 2.38. The van der Waals surface area contributed by atoms with Gasteiger partial charge in [0.25, 0.3) is 0 Å². The summed E-state index contributed by atoms with van der Waals surface area (Å²) in [5, 5.41) is 0. The van der Waals surface area contributed by atoms with Crippen molar-refractivity contribution in [3.63, 3.8) is 0 Å². The SMILES string of the molecule is Cc1ncc(CCl)c(N(C)C2CCC(C)(C)CC2)n1. The molecule has 0 bridgehead atoms. The highest BCUT2D eigenvalue weighted by molar-refractivity contribution is 6.17. The lowest BCUT2D eigenvalue weighted by Gasteiger charge is -2.39. The molecule has 3 nitrogen and oxygen atoms in total. The van der Waals surface area contributed by atoms with Gasteiger partial charge in [0.2, 0.25) is 0 Å². The topological polar surface area (TPSA) is 29.0 Å². The fraction of sp³-hybridized carbons (Fsp3) is 0.733. The molecule has 0 amide bonds. The molecule has 0 aliphatic heterocycles. The lowest BCUT2D eigenvalue weighted by atomic mass is 9.75. The molecule has 1 heterocycles. The largest absolute Gasteiger partial charge is 0.356 e. The molecule has 1 aromatic heterocycles. The van der Waals surface area contributed by atoms with Crippen LogP contribution in [0.15, 0.2) is 6.20 Å². The van der Waals surface area contributed by atoms with E-state index in [1.165, 1.54) is 25.7 Å². The van der Waals surface area contributed by atoms with Gasteiger partial charge < -0.3 is 4.90 Å². The third-order valence-corrected chi connectivity index (χ3v) is 4.58. The number of nitrogens with zero attached hydrogens (tertiary/aromatic N) is 3. The molecule has 1 saturated carbocycles. The van der Waals surface area contributed by atoms with Crippen molar-refractivity contribution < 1.29 is 0 Å².